The van der Waals surface area contributed by atoms with E-state index < -0.39 is 0 Å². The quantitative estimate of drug-likeness (QED) is 0.619. The van der Waals surface area contributed by atoms with E-state index in [1.807, 2.05) is 38.1 Å². The average Bonchev–Trinajstić information content (AvgIpc) is 2.75. The Morgan fingerprint density at radius 1 is 1.13 bits per heavy atom. The van der Waals surface area contributed by atoms with E-state index in [4.69, 9.17) is 25.8 Å². The molecule has 0 unspecified atom stereocenters. The first kappa shape index (κ1) is 22.0. The third kappa shape index (κ3) is 5.90. The molecule has 1 N–H and O–H groups in total. The second-order valence-corrected chi connectivity index (χ2v) is 7.10. The minimum Gasteiger partial charge on any atom is -0.492 e. The van der Waals surface area contributed by atoms with Crippen molar-refractivity contribution in [1.82, 2.24) is 0 Å². The molecule has 1 aliphatic rings. The van der Waals surface area contributed by atoms with Crippen molar-refractivity contribution >= 4 is 35.0 Å². The van der Waals surface area contributed by atoms with E-state index in [0.29, 0.717) is 48.6 Å². The van der Waals surface area contributed by atoms with Crippen molar-refractivity contribution in [3.63, 3.8) is 0 Å². The van der Waals surface area contributed by atoms with Gasteiger partial charge in [0.05, 0.1) is 37.8 Å². The summed E-state index contributed by atoms with van der Waals surface area (Å²) in [7, 11) is 0. The lowest BCUT2D eigenvalue weighted by molar-refractivity contribution is -0.111. The third-order valence-electron chi connectivity index (χ3n) is 4.55. The fourth-order valence-electron chi connectivity index (χ4n) is 3.20. The number of anilines is 2. The molecule has 160 valence electrons. The van der Waals surface area contributed by atoms with Gasteiger partial charge in [-0.25, -0.2) is 0 Å². The lowest BCUT2D eigenvalue weighted by atomic mass is 10.2. The Hall–Kier alpha value is -2.70. The first-order chi connectivity index (χ1) is 14.6. The number of benzene rings is 2. The molecule has 0 atom stereocenters. The van der Waals surface area contributed by atoms with Gasteiger partial charge in [0.25, 0.3) is 0 Å². The van der Waals surface area contributed by atoms with E-state index in [9.17, 15) is 4.79 Å². The second-order valence-electron chi connectivity index (χ2n) is 6.66. The van der Waals surface area contributed by atoms with Gasteiger partial charge in [0.1, 0.15) is 11.5 Å². The number of morpholine rings is 1. The minimum atomic E-state index is -0.266. The first-order valence-electron chi connectivity index (χ1n) is 10.1. The Kier molecular flexibility index (Phi) is 7.99. The molecule has 1 saturated heterocycles. The summed E-state index contributed by atoms with van der Waals surface area (Å²) < 4.78 is 17.1. The number of halogens is 1. The van der Waals surface area contributed by atoms with Gasteiger partial charge in [-0.3, -0.25) is 4.79 Å². The van der Waals surface area contributed by atoms with E-state index in [1.54, 1.807) is 18.2 Å². The number of carbonyl (C=O) groups excluding carboxylic acids is 1. The molecular formula is C23H27ClN2O4. The third-order valence-corrected chi connectivity index (χ3v) is 4.78. The van der Waals surface area contributed by atoms with Gasteiger partial charge < -0.3 is 24.4 Å². The summed E-state index contributed by atoms with van der Waals surface area (Å²) >= 11 is 5.99. The molecule has 2 aromatic carbocycles. The van der Waals surface area contributed by atoms with Crippen molar-refractivity contribution in [3.8, 4) is 11.5 Å². The number of carbonyl (C=O) groups is 1. The van der Waals surface area contributed by atoms with E-state index in [0.717, 1.165) is 24.3 Å². The number of nitrogens with one attached hydrogen (secondary N) is 1. The van der Waals surface area contributed by atoms with Crippen LogP contribution in [0, 0.1) is 0 Å². The van der Waals surface area contributed by atoms with Gasteiger partial charge in [-0.15, -0.1) is 0 Å². The maximum absolute atomic E-state index is 12.5. The molecule has 0 aromatic heterocycles. The van der Waals surface area contributed by atoms with Crippen LogP contribution < -0.4 is 19.7 Å². The Bertz CT molecular complexity index is 895. The predicted molar refractivity (Wildman–Crippen MR) is 121 cm³/mol. The molecule has 0 bridgehead atoms. The van der Waals surface area contributed by atoms with E-state index >= 15 is 0 Å². The number of rotatable bonds is 8. The van der Waals surface area contributed by atoms with Crippen LogP contribution in [0.1, 0.15) is 19.4 Å². The molecule has 1 fully saturated rings. The highest BCUT2D eigenvalue weighted by atomic mass is 35.5. The van der Waals surface area contributed by atoms with Crippen molar-refractivity contribution in [3.05, 3.63) is 53.1 Å². The van der Waals surface area contributed by atoms with E-state index in [1.165, 1.54) is 6.08 Å². The van der Waals surface area contributed by atoms with Gasteiger partial charge in [-0.2, -0.15) is 0 Å². The van der Waals surface area contributed by atoms with E-state index in [2.05, 4.69) is 10.2 Å². The zero-order chi connectivity index (χ0) is 21.3. The summed E-state index contributed by atoms with van der Waals surface area (Å²) in [4.78, 5) is 14.7. The molecule has 3 rings (SSSR count). The van der Waals surface area contributed by atoms with Gasteiger partial charge in [0, 0.05) is 36.3 Å². The first-order valence-corrected chi connectivity index (χ1v) is 10.5. The Morgan fingerprint density at radius 2 is 1.87 bits per heavy atom. The predicted octanol–water partition coefficient (Wildman–Crippen LogP) is 4.63. The highest BCUT2D eigenvalue weighted by molar-refractivity contribution is 6.30. The fraction of sp³-hybridized carbons (Fsp3) is 0.348. The normalized spacial score (nSPS) is 14.0. The van der Waals surface area contributed by atoms with Gasteiger partial charge in [0.15, 0.2) is 0 Å². The molecule has 1 amide bonds. The van der Waals surface area contributed by atoms with Crippen molar-refractivity contribution in [2.75, 3.05) is 49.7 Å². The Balaban J connectivity index is 1.84. The molecule has 30 heavy (non-hydrogen) atoms. The van der Waals surface area contributed by atoms with Gasteiger partial charge in [-0.1, -0.05) is 23.7 Å². The molecule has 0 aliphatic carbocycles. The van der Waals surface area contributed by atoms with Crippen LogP contribution in [0.4, 0.5) is 11.4 Å². The van der Waals surface area contributed by atoms with Crippen LogP contribution in [0.2, 0.25) is 5.02 Å². The number of amides is 1. The van der Waals surface area contributed by atoms with Crippen LogP contribution in [0.5, 0.6) is 11.5 Å². The van der Waals surface area contributed by atoms with Crippen LogP contribution in [0.25, 0.3) is 6.08 Å². The number of hydrogen-bond acceptors (Lipinski definition) is 5. The van der Waals surface area contributed by atoms with Crippen LogP contribution >= 0.6 is 11.6 Å². The Morgan fingerprint density at radius 3 is 2.57 bits per heavy atom. The highest BCUT2D eigenvalue weighted by Crippen LogP contribution is 2.39. The van der Waals surface area contributed by atoms with Crippen LogP contribution in [-0.2, 0) is 9.53 Å². The minimum absolute atomic E-state index is 0.266. The number of hydrogen-bond donors (Lipinski definition) is 1. The zero-order valence-electron chi connectivity index (χ0n) is 17.3. The van der Waals surface area contributed by atoms with Crippen molar-refractivity contribution < 1.29 is 19.0 Å². The molecular weight excluding hydrogens is 404 g/mol. The van der Waals surface area contributed by atoms with Gasteiger partial charge >= 0.3 is 0 Å². The average molecular weight is 431 g/mol. The summed E-state index contributed by atoms with van der Waals surface area (Å²) in [6.45, 7) is 7.75. The zero-order valence-corrected chi connectivity index (χ0v) is 18.1. The van der Waals surface area contributed by atoms with Crippen LogP contribution in [0.3, 0.4) is 0 Å². The lowest BCUT2D eigenvalue weighted by Gasteiger charge is -2.31. The van der Waals surface area contributed by atoms with Crippen molar-refractivity contribution in [1.29, 1.82) is 0 Å². The largest absolute Gasteiger partial charge is 0.492 e. The van der Waals surface area contributed by atoms with Crippen LogP contribution in [0.15, 0.2) is 42.5 Å². The number of ether oxygens (including phenoxy) is 3. The lowest BCUT2D eigenvalue weighted by Crippen LogP contribution is -2.36. The fourth-order valence-corrected chi connectivity index (χ4v) is 3.40. The topological polar surface area (TPSA) is 60.0 Å². The number of nitrogens with zero attached hydrogens (tertiary/aromatic N) is 1. The smallest absolute Gasteiger partial charge is 0.248 e. The summed E-state index contributed by atoms with van der Waals surface area (Å²) in [5.74, 6) is 1.04. The van der Waals surface area contributed by atoms with Gasteiger partial charge in [-0.05, 0) is 37.6 Å². The molecule has 0 spiro atoms. The summed E-state index contributed by atoms with van der Waals surface area (Å²) in [5, 5.41) is 3.52. The maximum atomic E-state index is 12.5. The van der Waals surface area contributed by atoms with E-state index in [-0.39, 0.29) is 5.91 Å². The maximum Gasteiger partial charge on any atom is 0.248 e. The SMILES string of the molecule is CCOc1cc(N2CCOCC2)c(OCC)cc1NC(=O)C=Cc1cccc(Cl)c1. The van der Waals surface area contributed by atoms with Crippen LogP contribution in [-0.4, -0.2) is 45.4 Å². The van der Waals surface area contributed by atoms with Gasteiger partial charge in [0.2, 0.25) is 5.91 Å². The molecule has 0 radical (unpaired) electrons. The van der Waals surface area contributed by atoms with Crippen molar-refractivity contribution in [2.24, 2.45) is 0 Å². The van der Waals surface area contributed by atoms with Crippen molar-refractivity contribution in [2.45, 2.75) is 13.8 Å². The summed E-state index contributed by atoms with van der Waals surface area (Å²) in [5.41, 5.74) is 2.36. The standard InChI is InChI=1S/C23H27ClN2O4/c1-3-29-21-16-20(26-10-12-28-13-11-26)22(30-4-2)15-19(21)25-23(27)9-8-17-6-5-7-18(24)14-17/h5-9,14-16H,3-4,10-13H2,1-2H3,(H,25,27). The molecule has 6 nitrogen and oxygen atoms in total. The molecule has 7 heteroatoms. The second kappa shape index (κ2) is 10.9. The molecule has 1 heterocycles. The monoisotopic (exact) mass is 430 g/mol. The Labute approximate surface area is 182 Å². The highest BCUT2D eigenvalue weighted by Gasteiger charge is 2.20. The molecule has 0 saturated carbocycles. The molecule has 1 aliphatic heterocycles. The molecule has 2 aromatic rings. The summed E-state index contributed by atoms with van der Waals surface area (Å²) in [6.07, 6.45) is 3.19. The summed E-state index contributed by atoms with van der Waals surface area (Å²) in [6, 6.07) is 11.1.